The van der Waals surface area contributed by atoms with Crippen LogP contribution in [-0.2, 0) is 14.4 Å². The standard InChI is InChI=1S/C17H19N3O4/c1-19(11-14(21)13-4-2-12(10-18)3-5-13)15(22)8-9-20-16(23)6-7-17(20)24/h2-5,14,21H,6-9,11H2,1H3. The van der Waals surface area contributed by atoms with E-state index in [9.17, 15) is 19.5 Å². The molecule has 1 aliphatic rings. The fraction of sp³-hybridized carbons (Fsp3) is 0.412. The summed E-state index contributed by atoms with van der Waals surface area (Å²) in [5.41, 5.74) is 1.11. The Morgan fingerprint density at radius 2 is 1.88 bits per heavy atom. The summed E-state index contributed by atoms with van der Waals surface area (Å²) < 4.78 is 0. The molecule has 2 rings (SSSR count). The highest BCUT2D eigenvalue weighted by atomic mass is 16.3. The molecule has 1 N–H and O–H groups in total. The van der Waals surface area contributed by atoms with Gasteiger partial charge in [0.2, 0.25) is 17.7 Å². The van der Waals surface area contributed by atoms with Crippen LogP contribution in [0.1, 0.15) is 36.5 Å². The van der Waals surface area contributed by atoms with Gasteiger partial charge in [0.1, 0.15) is 0 Å². The Hall–Kier alpha value is -2.72. The highest BCUT2D eigenvalue weighted by molar-refractivity contribution is 6.02. The smallest absolute Gasteiger partial charge is 0.229 e. The van der Waals surface area contributed by atoms with E-state index in [0.29, 0.717) is 11.1 Å². The lowest BCUT2D eigenvalue weighted by atomic mass is 10.1. The predicted octanol–water partition coefficient (Wildman–Crippen LogP) is 0.589. The first-order chi connectivity index (χ1) is 11.4. The zero-order valence-corrected chi connectivity index (χ0v) is 13.4. The maximum absolute atomic E-state index is 12.1. The molecular formula is C17H19N3O4. The van der Waals surface area contributed by atoms with Crippen molar-refractivity contribution >= 4 is 17.7 Å². The van der Waals surface area contributed by atoms with Gasteiger partial charge in [-0.05, 0) is 17.7 Å². The van der Waals surface area contributed by atoms with E-state index < -0.39 is 6.10 Å². The Bertz CT molecular complexity index is 662. The van der Waals surface area contributed by atoms with Gasteiger partial charge in [0.15, 0.2) is 0 Å². The zero-order valence-electron chi connectivity index (χ0n) is 13.4. The Balaban J connectivity index is 1.85. The molecule has 0 aromatic heterocycles. The average Bonchev–Trinajstić information content (AvgIpc) is 2.90. The number of carbonyl (C=O) groups excluding carboxylic acids is 3. The molecule has 7 heteroatoms. The average molecular weight is 329 g/mol. The maximum atomic E-state index is 12.1. The molecule has 1 heterocycles. The molecule has 3 amide bonds. The Morgan fingerprint density at radius 3 is 2.42 bits per heavy atom. The van der Waals surface area contributed by atoms with E-state index in [1.54, 1.807) is 31.3 Å². The van der Waals surface area contributed by atoms with Gasteiger partial charge in [-0.3, -0.25) is 19.3 Å². The molecule has 1 atom stereocenters. The van der Waals surface area contributed by atoms with Gasteiger partial charge in [-0.15, -0.1) is 0 Å². The number of imide groups is 1. The van der Waals surface area contributed by atoms with E-state index in [4.69, 9.17) is 5.26 Å². The van der Waals surface area contributed by atoms with Crippen LogP contribution in [0.5, 0.6) is 0 Å². The van der Waals surface area contributed by atoms with Crippen molar-refractivity contribution in [3.63, 3.8) is 0 Å². The van der Waals surface area contributed by atoms with E-state index in [1.165, 1.54) is 4.90 Å². The van der Waals surface area contributed by atoms with E-state index >= 15 is 0 Å². The number of carbonyl (C=O) groups is 3. The van der Waals surface area contributed by atoms with Crippen LogP contribution >= 0.6 is 0 Å². The minimum absolute atomic E-state index is 0.0358. The third-order valence-electron chi connectivity index (χ3n) is 4.00. The summed E-state index contributed by atoms with van der Waals surface area (Å²) in [5, 5.41) is 18.9. The first kappa shape index (κ1) is 17.6. The molecular weight excluding hydrogens is 310 g/mol. The minimum atomic E-state index is -0.873. The molecule has 1 fully saturated rings. The molecule has 7 nitrogen and oxygen atoms in total. The normalized spacial score (nSPS) is 15.3. The van der Waals surface area contributed by atoms with E-state index in [-0.39, 0.29) is 50.1 Å². The summed E-state index contributed by atoms with van der Waals surface area (Å²) >= 11 is 0. The van der Waals surface area contributed by atoms with Crippen LogP contribution in [0.2, 0.25) is 0 Å². The number of nitrogens with zero attached hydrogens (tertiary/aromatic N) is 3. The number of amides is 3. The molecule has 24 heavy (non-hydrogen) atoms. The molecule has 1 saturated heterocycles. The zero-order chi connectivity index (χ0) is 17.7. The van der Waals surface area contributed by atoms with Gasteiger partial charge < -0.3 is 10.0 Å². The van der Waals surface area contributed by atoms with E-state index in [0.717, 1.165) is 4.90 Å². The number of rotatable bonds is 6. The van der Waals surface area contributed by atoms with Gasteiger partial charge in [0, 0.05) is 32.9 Å². The minimum Gasteiger partial charge on any atom is -0.387 e. The Labute approximate surface area is 140 Å². The van der Waals surface area contributed by atoms with Gasteiger partial charge in [-0.2, -0.15) is 5.26 Å². The number of likely N-dealkylation sites (tertiary alicyclic amines) is 1. The third-order valence-corrected chi connectivity index (χ3v) is 4.00. The number of hydrogen-bond acceptors (Lipinski definition) is 5. The molecule has 0 saturated carbocycles. The lowest BCUT2D eigenvalue weighted by Gasteiger charge is -2.22. The van der Waals surface area contributed by atoms with Gasteiger partial charge >= 0.3 is 0 Å². The van der Waals surface area contributed by atoms with Crippen LogP contribution < -0.4 is 0 Å². The van der Waals surface area contributed by atoms with Crippen molar-refractivity contribution in [3.8, 4) is 6.07 Å². The fourth-order valence-electron chi connectivity index (χ4n) is 2.52. The fourth-order valence-corrected chi connectivity index (χ4v) is 2.52. The largest absolute Gasteiger partial charge is 0.387 e. The topological polar surface area (TPSA) is 102 Å². The lowest BCUT2D eigenvalue weighted by molar-refractivity contribution is -0.139. The molecule has 1 unspecified atom stereocenters. The molecule has 126 valence electrons. The van der Waals surface area contributed by atoms with Crippen LogP contribution in [0, 0.1) is 11.3 Å². The number of aliphatic hydroxyl groups excluding tert-OH is 1. The van der Waals surface area contributed by atoms with Crippen LogP contribution in [0.3, 0.4) is 0 Å². The number of nitriles is 1. The summed E-state index contributed by atoms with van der Waals surface area (Å²) in [6.07, 6.45) is -0.420. The highest BCUT2D eigenvalue weighted by Crippen LogP contribution is 2.16. The summed E-state index contributed by atoms with van der Waals surface area (Å²) in [4.78, 5) is 37.6. The van der Waals surface area contributed by atoms with Crippen molar-refractivity contribution in [1.29, 1.82) is 5.26 Å². The molecule has 0 aliphatic carbocycles. The molecule has 0 spiro atoms. The van der Waals surface area contributed by atoms with Crippen molar-refractivity contribution in [3.05, 3.63) is 35.4 Å². The van der Waals surface area contributed by atoms with Crippen molar-refractivity contribution in [2.24, 2.45) is 0 Å². The van der Waals surface area contributed by atoms with Crippen molar-refractivity contribution in [1.82, 2.24) is 9.80 Å². The molecule has 1 aromatic rings. The quantitative estimate of drug-likeness (QED) is 0.770. The second-order valence-corrected chi connectivity index (χ2v) is 5.71. The lowest BCUT2D eigenvalue weighted by Crippen LogP contribution is -2.36. The molecule has 0 radical (unpaired) electrons. The monoisotopic (exact) mass is 329 g/mol. The highest BCUT2D eigenvalue weighted by Gasteiger charge is 2.29. The Kier molecular flexibility index (Phi) is 5.66. The van der Waals surface area contributed by atoms with Crippen LogP contribution in [0.4, 0.5) is 0 Å². The van der Waals surface area contributed by atoms with Crippen molar-refractivity contribution in [2.75, 3.05) is 20.1 Å². The van der Waals surface area contributed by atoms with E-state index in [2.05, 4.69) is 0 Å². The maximum Gasteiger partial charge on any atom is 0.229 e. The summed E-state index contributed by atoms with van der Waals surface area (Å²) in [6.45, 7) is 0.167. The summed E-state index contributed by atoms with van der Waals surface area (Å²) in [5.74, 6) is -0.740. The third kappa shape index (κ3) is 4.18. The summed E-state index contributed by atoms with van der Waals surface area (Å²) in [7, 11) is 1.56. The second kappa shape index (κ2) is 7.70. The second-order valence-electron chi connectivity index (χ2n) is 5.71. The SMILES string of the molecule is CN(CC(O)c1ccc(C#N)cc1)C(=O)CCN1C(=O)CCC1=O. The predicted molar refractivity (Wildman–Crippen MR) is 84.3 cm³/mol. The van der Waals surface area contributed by atoms with Crippen LogP contribution in [0.25, 0.3) is 0 Å². The van der Waals surface area contributed by atoms with Gasteiger partial charge in [-0.1, -0.05) is 12.1 Å². The number of hydrogen-bond donors (Lipinski definition) is 1. The number of benzene rings is 1. The van der Waals surface area contributed by atoms with Crippen LogP contribution in [-0.4, -0.2) is 52.8 Å². The van der Waals surface area contributed by atoms with E-state index in [1.807, 2.05) is 6.07 Å². The molecule has 0 bridgehead atoms. The van der Waals surface area contributed by atoms with Crippen LogP contribution in [0.15, 0.2) is 24.3 Å². The number of likely N-dealkylation sites (N-methyl/N-ethyl adjacent to an activating group) is 1. The first-order valence-corrected chi connectivity index (χ1v) is 7.67. The Morgan fingerprint density at radius 1 is 1.29 bits per heavy atom. The molecule has 1 aliphatic heterocycles. The van der Waals surface area contributed by atoms with Gasteiger partial charge in [-0.25, -0.2) is 0 Å². The number of aliphatic hydroxyl groups is 1. The first-order valence-electron chi connectivity index (χ1n) is 7.67. The molecule has 1 aromatic carbocycles. The van der Waals surface area contributed by atoms with Crippen molar-refractivity contribution < 1.29 is 19.5 Å². The summed E-state index contributed by atoms with van der Waals surface area (Å²) in [6, 6.07) is 8.49. The van der Waals surface area contributed by atoms with Gasteiger partial charge in [0.25, 0.3) is 0 Å². The van der Waals surface area contributed by atoms with Crippen molar-refractivity contribution in [2.45, 2.75) is 25.4 Å². The van der Waals surface area contributed by atoms with Gasteiger partial charge in [0.05, 0.1) is 24.3 Å².